The van der Waals surface area contributed by atoms with Crippen LogP contribution in [0.4, 0.5) is 4.79 Å². The number of halogens is 3. The van der Waals surface area contributed by atoms with E-state index in [4.69, 9.17) is 37.4 Å². The van der Waals surface area contributed by atoms with Gasteiger partial charge in [0.05, 0.1) is 17.0 Å². The number of hydrogen-bond donors (Lipinski definition) is 0. The molecule has 0 radical (unpaired) electrons. The fourth-order valence-electron chi connectivity index (χ4n) is 3.53. The molecule has 36 heavy (non-hydrogen) atoms. The summed E-state index contributed by atoms with van der Waals surface area (Å²) in [6, 6.07) is 14.6. The molecule has 1 saturated heterocycles. The van der Waals surface area contributed by atoms with E-state index >= 15 is 0 Å². The number of amides is 2. The predicted octanol–water partition coefficient (Wildman–Crippen LogP) is 6.94. The largest absolute Gasteiger partial charge is 0.454 e. The molecule has 0 aliphatic carbocycles. The molecule has 0 spiro atoms. The fraction of sp³-hybridized carbons (Fsp3) is 0.0800. The number of imide groups is 1. The standard InChI is InChI=1S/C25H14BrCl2NO6S/c26-16-4-5-19(35-24(31)13-2-1-3-17(27)7-13)14(6-16)9-22-23(30)29(25(32)36-22)11-15-8-20-21(10-18(15)28)34-12-33-20/h1-10H,11-12H2/b22-9-. The monoisotopic (exact) mass is 605 g/mol. The summed E-state index contributed by atoms with van der Waals surface area (Å²) in [5, 5.41) is 0.300. The highest BCUT2D eigenvalue weighted by Crippen LogP contribution is 2.40. The molecule has 1 fully saturated rings. The number of nitrogens with zero attached hydrogens (tertiary/aromatic N) is 1. The molecule has 2 aliphatic rings. The van der Waals surface area contributed by atoms with E-state index in [1.54, 1.807) is 48.5 Å². The Bertz CT molecular complexity index is 1460. The quantitative estimate of drug-likeness (QED) is 0.177. The van der Waals surface area contributed by atoms with Gasteiger partial charge in [0.2, 0.25) is 6.79 Å². The maximum absolute atomic E-state index is 13.1. The van der Waals surface area contributed by atoms with E-state index in [0.717, 1.165) is 16.7 Å². The highest BCUT2D eigenvalue weighted by Gasteiger charge is 2.36. The van der Waals surface area contributed by atoms with Crippen LogP contribution in [0.5, 0.6) is 17.2 Å². The minimum atomic E-state index is -0.611. The van der Waals surface area contributed by atoms with Gasteiger partial charge >= 0.3 is 5.97 Å². The summed E-state index contributed by atoms with van der Waals surface area (Å²) in [5.41, 5.74) is 1.26. The Morgan fingerprint density at radius 3 is 2.64 bits per heavy atom. The Morgan fingerprint density at radius 2 is 1.86 bits per heavy atom. The molecule has 11 heteroatoms. The lowest BCUT2D eigenvalue weighted by atomic mass is 10.1. The zero-order valence-corrected chi connectivity index (χ0v) is 22.0. The van der Waals surface area contributed by atoms with Crippen LogP contribution in [-0.4, -0.2) is 28.8 Å². The second-order valence-electron chi connectivity index (χ2n) is 7.65. The van der Waals surface area contributed by atoms with E-state index in [-0.39, 0.29) is 29.6 Å². The van der Waals surface area contributed by atoms with Gasteiger partial charge in [-0.15, -0.1) is 0 Å². The minimum absolute atomic E-state index is 0.0351. The van der Waals surface area contributed by atoms with Crippen LogP contribution in [0, 0.1) is 0 Å². The number of hydrogen-bond acceptors (Lipinski definition) is 7. The molecular weight excluding hydrogens is 593 g/mol. The van der Waals surface area contributed by atoms with E-state index in [1.165, 1.54) is 12.1 Å². The van der Waals surface area contributed by atoms with Crippen molar-refractivity contribution in [3.8, 4) is 17.2 Å². The second-order valence-corrected chi connectivity index (χ2v) is 10.4. The van der Waals surface area contributed by atoms with Crippen molar-refractivity contribution in [3.05, 3.63) is 90.7 Å². The summed E-state index contributed by atoms with van der Waals surface area (Å²) in [6.45, 7) is 0.0445. The number of thioether (sulfide) groups is 1. The maximum atomic E-state index is 13.1. The van der Waals surface area contributed by atoms with E-state index in [9.17, 15) is 14.4 Å². The zero-order valence-electron chi connectivity index (χ0n) is 18.1. The average Bonchev–Trinajstić information content (AvgIpc) is 3.40. The first-order chi connectivity index (χ1) is 17.3. The first-order valence-electron chi connectivity index (χ1n) is 10.4. The van der Waals surface area contributed by atoms with Crippen molar-refractivity contribution in [1.82, 2.24) is 4.90 Å². The van der Waals surface area contributed by atoms with Crippen molar-refractivity contribution < 1.29 is 28.6 Å². The molecule has 2 aliphatic heterocycles. The van der Waals surface area contributed by atoms with Gasteiger partial charge in [-0.25, -0.2) is 4.79 Å². The highest BCUT2D eigenvalue weighted by atomic mass is 79.9. The van der Waals surface area contributed by atoms with Gasteiger partial charge in [-0.3, -0.25) is 14.5 Å². The molecular formula is C25H14BrCl2NO6S. The van der Waals surface area contributed by atoms with Gasteiger partial charge in [0.25, 0.3) is 11.1 Å². The van der Waals surface area contributed by atoms with Gasteiger partial charge in [0, 0.05) is 26.1 Å². The Morgan fingerprint density at radius 1 is 1.08 bits per heavy atom. The molecule has 0 N–H and O–H groups in total. The van der Waals surface area contributed by atoms with Crippen molar-refractivity contribution in [3.63, 3.8) is 0 Å². The summed E-state index contributed by atoms with van der Waals surface area (Å²) in [6.07, 6.45) is 1.51. The van der Waals surface area contributed by atoms with Crippen LogP contribution in [0.15, 0.2) is 64.0 Å². The third kappa shape index (κ3) is 5.10. The molecule has 182 valence electrons. The lowest BCUT2D eigenvalue weighted by molar-refractivity contribution is -0.123. The summed E-state index contributed by atoms with van der Waals surface area (Å²) >= 11 is 16.5. The van der Waals surface area contributed by atoms with Crippen LogP contribution in [0.3, 0.4) is 0 Å². The van der Waals surface area contributed by atoms with Gasteiger partial charge in [-0.2, -0.15) is 0 Å². The predicted molar refractivity (Wildman–Crippen MR) is 140 cm³/mol. The Labute approximate surface area is 228 Å². The van der Waals surface area contributed by atoms with Crippen molar-refractivity contribution in [2.75, 3.05) is 6.79 Å². The number of carbonyl (C=O) groups is 3. The van der Waals surface area contributed by atoms with Crippen LogP contribution in [-0.2, 0) is 11.3 Å². The average molecular weight is 607 g/mol. The lowest BCUT2D eigenvalue weighted by Crippen LogP contribution is -2.27. The van der Waals surface area contributed by atoms with Crippen molar-refractivity contribution in [2.24, 2.45) is 0 Å². The van der Waals surface area contributed by atoms with E-state index in [2.05, 4.69) is 15.9 Å². The van der Waals surface area contributed by atoms with Crippen LogP contribution >= 0.6 is 50.9 Å². The normalized spacial score (nSPS) is 15.6. The molecule has 3 aromatic rings. The molecule has 0 bridgehead atoms. The molecule has 0 atom stereocenters. The number of rotatable bonds is 5. The molecule has 0 unspecified atom stereocenters. The van der Waals surface area contributed by atoms with Gasteiger partial charge in [-0.05, 0) is 65.9 Å². The van der Waals surface area contributed by atoms with Gasteiger partial charge < -0.3 is 14.2 Å². The molecule has 0 aromatic heterocycles. The number of benzene rings is 3. The van der Waals surface area contributed by atoms with Crippen LogP contribution in [0.25, 0.3) is 6.08 Å². The second kappa shape index (κ2) is 10.2. The summed E-state index contributed by atoms with van der Waals surface area (Å²) in [7, 11) is 0. The molecule has 0 saturated carbocycles. The number of esters is 1. The lowest BCUT2D eigenvalue weighted by Gasteiger charge is -2.14. The molecule has 2 heterocycles. The minimum Gasteiger partial charge on any atom is -0.454 e. The van der Waals surface area contributed by atoms with Gasteiger partial charge in [0.1, 0.15) is 5.75 Å². The Hall–Kier alpha value is -2.98. The van der Waals surface area contributed by atoms with Crippen molar-refractivity contribution in [2.45, 2.75) is 6.54 Å². The van der Waals surface area contributed by atoms with Crippen molar-refractivity contribution in [1.29, 1.82) is 0 Å². The van der Waals surface area contributed by atoms with E-state index in [0.29, 0.717) is 37.1 Å². The van der Waals surface area contributed by atoms with Crippen LogP contribution < -0.4 is 14.2 Å². The van der Waals surface area contributed by atoms with Crippen LogP contribution in [0.1, 0.15) is 21.5 Å². The fourth-order valence-corrected chi connectivity index (χ4v) is 5.14. The summed E-state index contributed by atoms with van der Waals surface area (Å²) in [5.74, 6) is 0.115. The molecule has 3 aromatic carbocycles. The third-order valence-electron chi connectivity index (χ3n) is 5.27. The van der Waals surface area contributed by atoms with Gasteiger partial charge in [0.15, 0.2) is 11.5 Å². The first-order valence-corrected chi connectivity index (χ1v) is 12.8. The molecule has 5 rings (SSSR count). The summed E-state index contributed by atoms with van der Waals surface area (Å²) < 4.78 is 16.9. The summed E-state index contributed by atoms with van der Waals surface area (Å²) in [4.78, 5) is 39.7. The molecule has 7 nitrogen and oxygen atoms in total. The number of fused-ring (bicyclic) bond motifs is 1. The topological polar surface area (TPSA) is 82.1 Å². The Kier molecular flexibility index (Phi) is 6.98. The van der Waals surface area contributed by atoms with Crippen LogP contribution in [0.2, 0.25) is 10.0 Å². The maximum Gasteiger partial charge on any atom is 0.343 e. The van der Waals surface area contributed by atoms with E-state index < -0.39 is 17.1 Å². The van der Waals surface area contributed by atoms with Gasteiger partial charge in [-0.1, -0.05) is 45.2 Å². The first kappa shape index (κ1) is 24.7. The highest BCUT2D eigenvalue weighted by molar-refractivity contribution is 9.10. The number of carbonyl (C=O) groups excluding carboxylic acids is 3. The zero-order chi connectivity index (χ0) is 25.4. The third-order valence-corrected chi connectivity index (χ3v) is 7.25. The van der Waals surface area contributed by atoms with E-state index in [1.807, 2.05) is 0 Å². The smallest absolute Gasteiger partial charge is 0.343 e. The SMILES string of the molecule is O=C(Oc1ccc(Br)cc1/C=C1\SC(=O)N(Cc2cc3c(cc2Cl)OCO3)C1=O)c1cccc(Cl)c1. The number of ether oxygens (including phenoxy) is 3. The Balaban J connectivity index is 1.40. The van der Waals surface area contributed by atoms with Crippen molar-refractivity contribution >= 4 is 74.1 Å². The molecule has 2 amide bonds.